The van der Waals surface area contributed by atoms with Gasteiger partial charge in [-0.15, -0.1) is 0 Å². The number of carbonyl (C=O) groups is 2. The van der Waals surface area contributed by atoms with Gasteiger partial charge in [-0.05, 0) is 43.9 Å². The van der Waals surface area contributed by atoms with E-state index in [0.29, 0.717) is 38.1 Å². The smallest absolute Gasteiger partial charge is 0.258 e. The lowest BCUT2D eigenvalue weighted by atomic mass is 9.74. The van der Waals surface area contributed by atoms with Crippen molar-refractivity contribution in [1.29, 1.82) is 0 Å². The number of rotatable bonds is 7. The maximum atomic E-state index is 12.9. The van der Waals surface area contributed by atoms with Gasteiger partial charge in [0.1, 0.15) is 5.76 Å². The van der Waals surface area contributed by atoms with Crippen molar-refractivity contribution in [3.8, 4) is 0 Å². The van der Waals surface area contributed by atoms with Gasteiger partial charge in [-0.2, -0.15) is 0 Å². The molecule has 0 bridgehead atoms. The molecule has 0 spiro atoms. The van der Waals surface area contributed by atoms with Gasteiger partial charge in [-0.3, -0.25) is 9.59 Å². The molecule has 1 heterocycles. The molecule has 0 aromatic rings. The lowest BCUT2D eigenvalue weighted by Gasteiger charge is -2.38. The number of ether oxygens (including phenoxy) is 2. The number of nitrogens with one attached hydrogen (secondary N) is 1. The van der Waals surface area contributed by atoms with E-state index >= 15 is 0 Å². The molecule has 2 aliphatic carbocycles. The Morgan fingerprint density at radius 2 is 1.69 bits per heavy atom. The first kappa shape index (κ1) is 22.1. The van der Waals surface area contributed by atoms with Crippen LogP contribution in [0.4, 0.5) is 0 Å². The molecule has 1 N–H and O–H groups in total. The molecule has 6 heteroatoms. The number of carbonyl (C=O) groups excluding carboxylic acids is 2. The van der Waals surface area contributed by atoms with E-state index < -0.39 is 0 Å². The summed E-state index contributed by atoms with van der Waals surface area (Å²) in [5, 5.41) is 3.27. The highest BCUT2D eigenvalue weighted by Gasteiger charge is 2.32. The summed E-state index contributed by atoms with van der Waals surface area (Å²) in [5.74, 6) is 1.86. The fourth-order valence-electron chi connectivity index (χ4n) is 5.14. The van der Waals surface area contributed by atoms with E-state index in [1.807, 2.05) is 4.90 Å². The van der Waals surface area contributed by atoms with Crippen LogP contribution in [0, 0.1) is 11.8 Å². The third-order valence-electron chi connectivity index (χ3n) is 6.89. The zero-order chi connectivity index (χ0) is 20.6. The fourth-order valence-corrected chi connectivity index (χ4v) is 5.14. The third kappa shape index (κ3) is 5.74. The highest BCUT2D eigenvalue weighted by molar-refractivity contribution is 5.94. The third-order valence-corrected chi connectivity index (χ3v) is 6.89. The first-order valence-corrected chi connectivity index (χ1v) is 11.6. The number of hydrogen-bond acceptors (Lipinski definition) is 4. The minimum absolute atomic E-state index is 0.0125. The Bertz CT molecular complexity index is 586. The van der Waals surface area contributed by atoms with E-state index in [1.165, 1.54) is 19.3 Å². The largest absolute Gasteiger partial charge is 0.488 e. The van der Waals surface area contributed by atoms with Crippen molar-refractivity contribution in [2.24, 2.45) is 11.8 Å². The van der Waals surface area contributed by atoms with Crippen molar-refractivity contribution in [3.63, 3.8) is 0 Å². The average molecular weight is 407 g/mol. The van der Waals surface area contributed by atoms with Crippen LogP contribution < -0.4 is 5.32 Å². The summed E-state index contributed by atoms with van der Waals surface area (Å²) in [4.78, 5) is 27.5. The zero-order valence-electron chi connectivity index (χ0n) is 18.2. The van der Waals surface area contributed by atoms with Gasteiger partial charge in [0, 0.05) is 25.6 Å². The standard InChI is InChI=1S/C23H38N2O4/c1-3-17-8-7-9-18(4-2)22(17)24-21(26)16-29-20-11-6-5-10-19(20)23(27)25-12-14-28-15-13-25/h17-18,22H,3-16H2,1-2H3,(H,24,26). The molecule has 3 aliphatic rings. The minimum Gasteiger partial charge on any atom is -0.488 e. The van der Waals surface area contributed by atoms with Crippen molar-refractivity contribution >= 4 is 11.8 Å². The van der Waals surface area contributed by atoms with Crippen LogP contribution in [0.25, 0.3) is 0 Å². The van der Waals surface area contributed by atoms with Crippen LogP contribution in [-0.4, -0.2) is 55.7 Å². The Labute approximate surface area is 175 Å². The number of amides is 2. The van der Waals surface area contributed by atoms with Crippen molar-refractivity contribution in [1.82, 2.24) is 10.2 Å². The molecule has 2 amide bonds. The molecule has 0 aromatic carbocycles. The molecule has 2 atom stereocenters. The molecule has 3 rings (SSSR count). The van der Waals surface area contributed by atoms with Gasteiger partial charge < -0.3 is 19.7 Å². The SMILES string of the molecule is CCC1CCCC(CC)C1NC(=O)COC1=C(C(=O)N2CCOCC2)CCCC1. The molecule has 29 heavy (non-hydrogen) atoms. The Kier molecular flexibility index (Phi) is 8.40. The summed E-state index contributed by atoms with van der Waals surface area (Å²) >= 11 is 0. The topological polar surface area (TPSA) is 67.9 Å². The summed E-state index contributed by atoms with van der Waals surface area (Å²) in [7, 11) is 0. The molecular weight excluding hydrogens is 368 g/mol. The van der Waals surface area contributed by atoms with Gasteiger partial charge in [-0.1, -0.05) is 33.1 Å². The summed E-state index contributed by atoms with van der Waals surface area (Å²) in [6.07, 6.45) is 9.36. The van der Waals surface area contributed by atoms with Gasteiger partial charge in [0.2, 0.25) is 0 Å². The zero-order valence-corrected chi connectivity index (χ0v) is 18.2. The van der Waals surface area contributed by atoms with Crippen LogP contribution in [0.1, 0.15) is 71.6 Å². The van der Waals surface area contributed by atoms with Gasteiger partial charge in [0.15, 0.2) is 6.61 Å². The summed E-state index contributed by atoms with van der Waals surface area (Å²) in [6.45, 7) is 6.90. The van der Waals surface area contributed by atoms with Crippen molar-refractivity contribution in [3.05, 3.63) is 11.3 Å². The fraction of sp³-hybridized carbons (Fsp3) is 0.826. The molecule has 2 unspecified atom stereocenters. The van der Waals surface area contributed by atoms with Crippen LogP contribution in [0.3, 0.4) is 0 Å². The predicted molar refractivity (Wildman–Crippen MR) is 112 cm³/mol. The Balaban J connectivity index is 1.59. The van der Waals surface area contributed by atoms with Crippen molar-refractivity contribution in [2.45, 2.75) is 77.7 Å². The summed E-state index contributed by atoms with van der Waals surface area (Å²) in [5.41, 5.74) is 0.765. The van der Waals surface area contributed by atoms with Gasteiger partial charge >= 0.3 is 0 Å². The summed E-state index contributed by atoms with van der Waals surface area (Å²) < 4.78 is 11.3. The molecule has 1 saturated heterocycles. The number of nitrogens with zero attached hydrogens (tertiary/aromatic N) is 1. The second-order valence-electron chi connectivity index (χ2n) is 8.66. The van der Waals surface area contributed by atoms with E-state index in [1.54, 1.807) is 0 Å². The molecule has 0 radical (unpaired) electrons. The Morgan fingerprint density at radius 3 is 2.34 bits per heavy atom. The molecule has 2 fully saturated rings. The lowest BCUT2D eigenvalue weighted by Crippen LogP contribution is -2.48. The second kappa shape index (κ2) is 11.0. The summed E-state index contributed by atoms with van der Waals surface area (Å²) in [6, 6.07) is 0.254. The molecule has 1 saturated carbocycles. The quantitative estimate of drug-likeness (QED) is 0.704. The maximum Gasteiger partial charge on any atom is 0.258 e. The van der Waals surface area contributed by atoms with Crippen molar-refractivity contribution < 1.29 is 19.1 Å². The van der Waals surface area contributed by atoms with Crippen LogP contribution in [0.2, 0.25) is 0 Å². The van der Waals surface area contributed by atoms with Crippen molar-refractivity contribution in [2.75, 3.05) is 32.9 Å². The normalized spacial score (nSPS) is 28.2. The van der Waals surface area contributed by atoms with Crippen LogP contribution in [-0.2, 0) is 19.1 Å². The number of morpholine rings is 1. The Hall–Kier alpha value is -1.56. The first-order chi connectivity index (χ1) is 14.1. The second-order valence-corrected chi connectivity index (χ2v) is 8.66. The predicted octanol–water partition coefficient (Wildman–Crippen LogP) is 3.41. The molecule has 164 valence electrons. The first-order valence-electron chi connectivity index (χ1n) is 11.6. The maximum absolute atomic E-state index is 12.9. The average Bonchev–Trinajstić information content (AvgIpc) is 2.78. The molecule has 1 aliphatic heterocycles. The van der Waals surface area contributed by atoms with E-state index in [-0.39, 0.29) is 24.5 Å². The van der Waals surface area contributed by atoms with Gasteiger partial charge in [-0.25, -0.2) is 0 Å². The highest BCUT2D eigenvalue weighted by atomic mass is 16.5. The number of hydrogen-bond donors (Lipinski definition) is 1. The van der Waals surface area contributed by atoms with E-state index in [4.69, 9.17) is 9.47 Å². The van der Waals surface area contributed by atoms with Crippen LogP contribution in [0.5, 0.6) is 0 Å². The monoisotopic (exact) mass is 406 g/mol. The highest BCUT2D eigenvalue weighted by Crippen LogP contribution is 2.33. The minimum atomic E-state index is -0.0509. The van der Waals surface area contributed by atoms with Crippen LogP contribution in [0.15, 0.2) is 11.3 Å². The molecular formula is C23H38N2O4. The molecule has 0 aromatic heterocycles. The van der Waals surface area contributed by atoms with Gasteiger partial charge in [0.25, 0.3) is 11.8 Å². The number of allylic oxidation sites excluding steroid dienone is 1. The van der Waals surface area contributed by atoms with E-state index in [2.05, 4.69) is 19.2 Å². The lowest BCUT2D eigenvalue weighted by molar-refractivity contribution is -0.132. The Morgan fingerprint density at radius 1 is 1.03 bits per heavy atom. The van der Waals surface area contributed by atoms with Gasteiger partial charge in [0.05, 0.1) is 18.8 Å². The molecule has 6 nitrogen and oxygen atoms in total. The van der Waals surface area contributed by atoms with E-state index in [9.17, 15) is 9.59 Å². The van der Waals surface area contributed by atoms with E-state index in [0.717, 1.165) is 49.9 Å². The van der Waals surface area contributed by atoms with Crippen LogP contribution >= 0.6 is 0 Å².